The van der Waals surface area contributed by atoms with Crippen LogP contribution in [0.15, 0.2) is 22.9 Å². The van der Waals surface area contributed by atoms with Crippen molar-refractivity contribution in [3.8, 4) is 11.5 Å². The Morgan fingerprint density at radius 1 is 1.37 bits per heavy atom. The highest BCUT2D eigenvalue weighted by Crippen LogP contribution is 2.22. The van der Waals surface area contributed by atoms with Gasteiger partial charge in [-0.15, -0.1) is 10.2 Å². The first-order chi connectivity index (χ1) is 9.33. The van der Waals surface area contributed by atoms with Crippen LogP contribution in [-0.2, 0) is 13.0 Å². The molecule has 0 spiro atoms. The summed E-state index contributed by atoms with van der Waals surface area (Å²) in [5.74, 6) is 1.87. The third kappa shape index (κ3) is 1.97. The third-order valence-electron chi connectivity index (χ3n) is 2.86. The fourth-order valence-corrected chi connectivity index (χ4v) is 1.96. The molecule has 0 unspecified atom stereocenters. The van der Waals surface area contributed by atoms with Crippen molar-refractivity contribution in [3.05, 3.63) is 30.0 Å². The minimum atomic E-state index is 0.329. The van der Waals surface area contributed by atoms with Crippen LogP contribution in [0, 0.1) is 0 Å². The summed E-state index contributed by atoms with van der Waals surface area (Å²) in [5, 5.41) is 12.1. The van der Waals surface area contributed by atoms with E-state index >= 15 is 0 Å². The second-order valence-corrected chi connectivity index (χ2v) is 4.20. The first-order valence-electron chi connectivity index (χ1n) is 6.19. The van der Waals surface area contributed by atoms with Gasteiger partial charge in [-0.1, -0.05) is 12.1 Å². The molecule has 3 aromatic heterocycles. The van der Waals surface area contributed by atoms with Gasteiger partial charge in [-0.25, -0.2) is 0 Å². The molecule has 0 fully saturated rings. The van der Waals surface area contributed by atoms with Crippen molar-refractivity contribution in [3.63, 3.8) is 0 Å². The first-order valence-corrected chi connectivity index (χ1v) is 6.19. The fraction of sp³-hybridized carbons (Fsp3) is 0.333. The van der Waals surface area contributed by atoms with Crippen molar-refractivity contribution in [1.82, 2.24) is 24.7 Å². The molecule has 0 radical (unpaired) electrons. The Balaban J connectivity index is 2.10. The molecule has 0 aromatic carbocycles. The molecule has 0 saturated heterocycles. The third-order valence-corrected chi connectivity index (χ3v) is 2.86. The number of nitrogens with zero attached hydrogens (tertiary/aromatic N) is 5. The number of hydrogen-bond acceptors (Lipinski definition) is 6. The zero-order chi connectivity index (χ0) is 13.2. The smallest absolute Gasteiger partial charge is 0.261 e. The molecule has 0 bridgehead atoms. The van der Waals surface area contributed by atoms with Crippen LogP contribution >= 0.6 is 0 Å². The highest BCUT2D eigenvalue weighted by molar-refractivity contribution is 5.71. The molecule has 0 amide bonds. The molecule has 0 aliphatic carbocycles. The van der Waals surface area contributed by atoms with Crippen molar-refractivity contribution in [2.45, 2.75) is 26.3 Å². The quantitative estimate of drug-likeness (QED) is 0.755. The molecule has 0 atom stereocenters. The number of fused-ring (bicyclic) bond motifs is 1. The molecule has 19 heavy (non-hydrogen) atoms. The van der Waals surface area contributed by atoms with Crippen LogP contribution in [-0.4, -0.2) is 24.7 Å². The molecule has 7 nitrogen and oxygen atoms in total. The van der Waals surface area contributed by atoms with Crippen molar-refractivity contribution in [2.75, 3.05) is 0 Å². The Morgan fingerprint density at radius 3 is 3.05 bits per heavy atom. The molecule has 0 aliphatic rings. The summed E-state index contributed by atoms with van der Waals surface area (Å²) >= 11 is 0. The Kier molecular flexibility index (Phi) is 2.96. The summed E-state index contributed by atoms with van der Waals surface area (Å²) < 4.78 is 7.11. The molecule has 3 aromatic rings. The van der Waals surface area contributed by atoms with E-state index in [4.69, 9.17) is 10.3 Å². The molecular weight excluding hydrogens is 244 g/mol. The van der Waals surface area contributed by atoms with Crippen LogP contribution in [0.5, 0.6) is 0 Å². The number of hydrogen-bond donors (Lipinski definition) is 1. The van der Waals surface area contributed by atoms with Gasteiger partial charge < -0.3 is 10.3 Å². The molecule has 3 rings (SSSR count). The zero-order valence-corrected chi connectivity index (χ0v) is 10.6. The fourth-order valence-electron chi connectivity index (χ4n) is 1.96. The van der Waals surface area contributed by atoms with Crippen LogP contribution in [0.2, 0.25) is 0 Å². The van der Waals surface area contributed by atoms with Gasteiger partial charge in [0.1, 0.15) is 0 Å². The molecule has 0 aliphatic heterocycles. The minimum absolute atomic E-state index is 0.329. The van der Waals surface area contributed by atoms with Gasteiger partial charge in [-0.3, -0.25) is 4.40 Å². The van der Waals surface area contributed by atoms with E-state index in [1.807, 2.05) is 22.7 Å². The zero-order valence-electron chi connectivity index (χ0n) is 10.6. The van der Waals surface area contributed by atoms with Crippen molar-refractivity contribution in [1.29, 1.82) is 0 Å². The van der Waals surface area contributed by atoms with Gasteiger partial charge >= 0.3 is 0 Å². The van der Waals surface area contributed by atoms with Crippen molar-refractivity contribution >= 4 is 5.65 Å². The first kappa shape index (κ1) is 11.8. The van der Waals surface area contributed by atoms with Crippen LogP contribution in [0.3, 0.4) is 0 Å². The van der Waals surface area contributed by atoms with Crippen LogP contribution < -0.4 is 5.73 Å². The second-order valence-electron chi connectivity index (χ2n) is 4.20. The lowest BCUT2D eigenvalue weighted by Crippen LogP contribution is -2.02. The molecule has 2 N–H and O–H groups in total. The normalized spacial score (nSPS) is 11.3. The van der Waals surface area contributed by atoms with Crippen molar-refractivity contribution < 1.29 is 4.52 Å². The van der Waals surface area contributed by atoms with Gasteiger partial charge in [0.2, 0.25) is 0 Å². The number of pyridine rings is 1. The van der Waals surface area contributed by atoms with Gasteiger partial charge in [0, 0.05) is 12.6 Å². The molecule has 98 valence electrons. The summed E-state index contributed by atoms with van der Waals surface area (Å²) in [4.78, 5) is 4.37. The second kappa shape index (κ2) is 4.77. The average molecular weight is 258 g/mol. The van der Waals surface area contributed by atoms with E-state index in [9.17, 15) is 0 Å². The monoisotopic (exact) mass is 258 g/mol. The lowest BCUT2D eigenvalue weighted by Gasteiger charge is -1.98. The van der Waals surface area contributed by atoms with Crippen LogP contribution in [0.4, 0.5) is 0 Å². The lowest BCUT2D eigenvalue weighted by atomic mass is 10.2. The van der Waals surface area contributed by atoms with Gasteiger partial charge in [0.25, 0.3) is 5.89 Å². The Labute approximate surface area is 109 Å². The Hall–Kier alpha value is -2.28. The Bertz CT molecular complexity index is 701. The van der Waals surface area contributed by atoms with E-state index < -0.39 is 0 Å². The van der Waals surface area contributed by atoms with Gasteiger partial charge in [-0.2, -0.15) is 4.98 Å². The number of rotatable bonds is 4. The maximum Gasteiger partial charge on any atom is 0.261 e. The van der Waals surface area contributed by atoms with E-state index in [2.05, 4.69) is 27.3 Å². The van der Waals surface area contributed by atoms with E-state index in [0.29, 0.717) is 29.7 Å². The Morgan fingerprint density at radius 2 is 2.26 bits per heavy atom. The minimum Gasteiger partial charge on any atom is -0.334 e. The molecule has 3 heterocycles. The van der Waals surface area contributed by atoms with E-state index in [1.165, 1.54) is 0 Å². The SMILES string of the molecule is CCCc1noc(-c2cccn3c(CN)nnc23)n1. The van der Waals surface area contributed by atoms with E-state index in [-0.39, 0.29) is 0 Å². The lowest BCUT2D eigenvalue weighted by molar-refractivity contribution is 0.422. The molecular formula is C12H14N6O. The number of aromatic nitrogens is 5. The average Bonchev–Trinajstić information content (AvgIpc) is 3.05. The topological polar surface area (TPSA) is 95.1 Å². The highest BCUT2D eigenvalue weighted by atomic mass is 16.5. The van der Waals surface area contributed by atoms with E-state index in [0.717, 1.165) is 18.4 Å². The standard InChI is InChI=1S/C12H14N6O/c1-2-4-9-14-12(19-17-9)8-5-3-6-18-10(7-13)15-16-11(8)18/h3,5-6H,2,4,7,13H2,1H3. The predicted octanol–water partition coefficient (Wildman–Crippen LogP) is 1.19. The predicted molar refractivity (Wildman–Crippen MR) is 68.2 cm³/mol. The summed E-state index contributed by atoms with van der Waals surface area (Å²) in [6.07, 6.45) is 3.64. The summed E-state index contributed by atoms with van der Waals surface area (Å²) in [7, 11) is 0. The van der Waals surface area contributed by atoms with Gasteiger partial charge in [-0.05, 0) is 18.6 Å². The molecule has 7 heteroatoms. The summed E-state index contributed by atoms with van der Waals surface area (Å²) in [6.45, 7) is 2.40. The highest BCUT2D eigenvalue weighted by Gasteiger charge is 2.15. The maximum absolute atomic E-state index is 5.62. The largest absolute Gasteiger partial charge is 0.334 e. The number of aryl methyl sites for hydroxylation is 1. The maximum atomic E-state index is 5.62. The summed E-state index contributed by atoms with van der Waals surface area (Å²) in [6, 6.07) is 3.77. The van der Waals surface area contributed by atoms with Crippen LogP contribution in [0.1, 0.15) is 25.0 Å². The van der Waals surface area contributed by atoms with Crippen LogP contribution in [0.25, 0.3) is 17.1 Å². The van der Waals surface area contributed by atoms with E-state index in [1.54, 1.807) is 0 Å². The molecule has 0 saturated carbocycles. The van der Waals surface area contributed by atoms with Gasteiger partial charge in [0.05, 0.1) is 12.1 Å². The van der Waals surface area contributed by atoms with Gasteiger partial charge in [0.15, 0.2) is 17.3 Å². The van der Waals surface area contributed by atoms with Crippen molar-refractivity contribution in [2.24, 2.45) is 5.73 Å². The summed E-state index contributed by atoms with van der Waals surface area (Å²) in [5.41, 5.74) is 7.06. The number of nitrogens with two attached hydrogens (primary N) is 1.